The first-order chi connectivity index (χ1) is 9.67. The smallest absolute Gasteiger partial charge is 0.306 e. The normalized spacial score (nSPS) is 11.7. The zero-order valence-corrected chi connectivity index (χ0v) is 11.7. The second-order valence-corrected chi connectivity index (χ2v) is 4.83. The van der Waals surface area contributed by atoms with Gasteiger partial charge in [0.05, 0.1) is 6.61 Å². The summed E-state index contributed by atoms with van der Waals surface area (Å²) in [5.41, 5.74) is 1.47. The van der Waals surface area contributed by atoms with Crippen LogP contribution in [0.25, 0.3) is 0 Å². The van der Waals surface area contributed by atoms with Gasteiger partial charge in [0.25, 0.3) is 0 Å². The van der Waals surface area contributed by atoms with E-state index >= 15 is 0 Å². The standard InChI is InChI=1S/C16H20O4/c1-13(8-10-17)9-11-20-16(19)7-6-14-4-2-3-5-15(14)12-18/h2-5,10,12-13H,6-9,11H2,1H3. The van der Waals surface area contributed by atoms with Gasteiger partial charge in [0.2, 0.25) is 0 Å². The van der Waals surface area contributed by atoms with Crippen molar-refractivity contribution in [1.82, 2.24) is 0 Å². The number of hydrogen-bond acceptors (Lipinski definition) is 4. The molecule has 0 saturated carbocycles. The molecule has 1 unspecified atom stereocenters. The zero-order valence-electron chi connectivity index (χ0n) is 11.7. The van der Waals surface area contributed by atoms with Crippen LogP contribution in [0.3, 0.4) is 0 Å². The van der Waals surface area contributed by atoms with Crippen LogP contribution in [0.15, 0.2) is 24.3 Å². The first-order valence-corrected chi connectivity index (χ1v) is 6.79. The van der Waals surface area contributed by atoms with Gasteiger partial charge < -0.3 is 9.53 Å². The number of hydrogen-bond donors (Lipinski definition) is 0. The number of esters is 1. The summed E-state index contributed by atoms with van der Waals surface area (Å²) in [4.78, 5) is 32.7. The Morgan fingerprint density at radius 2 is 2.05 bits per heavy atom. The minimum Gasteiger partial charge on any atom is -0.466 e. The fourth-order valence-corrected chi connectivity index (χ4v) is 1.84. The first kappa shape index (κ1) is 16.1. The fraction of sp³-hybridized carbons (Fsp3) is 0.438. The Morgan fingerprint density at radius 1 is 1.30 bits per heavy atom. The van der Waals surface area contributed by atoms with E-state index in [1.54, 1.807) is 12.1 Å². The monoisotopic (exact) mass is 276 g/mol. The summed E-state index contributed by atoms with van der Waals surface area (Å²) in [6.07, 6.45) is 3.61. The molecule has 0 aliphatic rings. The molecule has 0 radical (unpaired) electrons. The molecule has 20 heavy (non-hydrogen) atoms. The van der Waals surface area contributed by atoms with Gasteiger partial charge in [0, 0.05) is 18.4 Å². The molecular weight excluding hydrogens is 256 g/mol. The molecule has 0 amide bonds. The van der Waals surface area contributed by atoms with E-state index in [-0.39, 0.29) is 18.3 Å². The Morgan fingerprint density at radius 3 is 2.75 bits per heavy atom. The molecule has 0 bridgehead atoms. The molecule has 0 heterocycles. The lowest BCUT2D eigenvalue weighted by atomic mass is 10.0. The fourth-order valence-electron chi connectivity index (χ4n) is 1.84. The largest absolute Gasteiger partial charge is 0.466 e. The molecule has 1 aromatic carbocycles. The average Bonchev–Trinajstić information content (AvgIpc) is 2.45. The molecular formula is C16H20O4. The first-order valence-electron chi connectivity index (χ1n) is 6.79. The molecule has 0 fully saturated rings. The van der Waals surface area contributed by atoms with Gasteiger partial charge in [-0.15, -0.1) is 0 Å². The number of carbonyl (C=O) groups excluding carboxylic acids is 3. The van der Waals surface area contributed by atoms with E-state index in [2.05, 4.69) is 0 Å². The molecule has 0 aliphatic carbocycles. The molecule has 108 valence electrons. The van der Waals surface area contributed by atoms with Crippen LogP contribution in [-0.4, -0.2) is 25.1 Å². The summed E-state index contributed by atoms with van der Waals surface area (Å²) < 4.78 is 5.11. The number of carbonyl (C=O) groups is 3. The van der Waals surface area contributed by atoms with Gasteiger partial charge in [-0.05, 0) is 24.3 Å². The Hall–Kier alpha value is -1.97. The van der Waals surface area contributed by atoms with Crippen LogP contribution in [0, 0.1) is 5.92 Å². The number of aldehydes is 2. The van der Waals surface area contributed by atoms with Gasteiger partial charge in [0.15, 0.2) is 0 Å². The molecule has 4 nitrogen and oxygen atoms in total. The molecule has 0 saturated heterocycles. The summed E-state index contributed by atoms with van der Waals surface area (Å²) in [6.45, 7) is 2.28. The van der Waals surface area contributed by atoms with Gasteiger partial charge in [0.1, 0.15) is 12.6 Å². The lowest BCUT2D eigenvalue weighted by Gasteiger charge is -2.09. The summed E-state index contributed by atoms with van der Waals surface area (Å²) in [6, 6.07) is 7.20. The van der Waals surface area contributed by atoms with Crippen LogP contribution >= 0.6 is 0 Å². The van der Waals surface area contributed by atoms with E-state index in [1.165, 1.54) is 0 Å². The van der Waals surface area contributed by atoms with Crippen molar-refractivity contribution in [2.75, 3.05) is 6.61 Å². The lowest BCUT2D eigenvalue weighted by Crippen LogP contribution is -2.10. The van der Waals surface area contributed by atoms with Crippen molar-refractivity contribution in [2.45, 2.75) is 32.6 Å². The molecule has 0 aliphatic heterocycles. The third-order valence-corrected chi connectivity index (χ3v) is 3.15. The van der Waals surface area contributed by atoms with Crippen molar-refractivity contribution in [2.24, 2.45) is 5.92 Å². The minimum atomic E-state index is -0.274. The van der Waals surface area contributed by atoms with E-state index in [9.17, 15) is 14.4 Å². The van der Waals surface area contributed by atoms with Crippen LogP contribution in [-0.2, 0) is 20.7 Å². The number of aryl methyl sites for hydroxylation is 1. The van der Waals surface area contributed by atoms with Crippen molar-refractivity contribution in [3.63, 3.8) is 0 Å². The maximum atomic E-state index is 11.6. The molecule has 4 heteroatoms. The van der Waals surface area contributed by atoms with Crippen molar-refractivity contribution in [3.05, 3.63) is 35.4 Å². The summed E-state index contributed by atoms with van der Waals surface area (Å²) in [5, 5.41) is 0. The van der Waals surface area contributed by atoms with Gasteiger partial charge >= 0.3 is 5.97 Å². The van der Waals surface area contributed by atoms with Gasteiger partial charge in [-0.25, -0.2) is 0 Å². The number of benzene rings is 1. The van der Waals surface area contributed by atoms with Crippen LogP contribution in [0.2, 0.25) is 0 Å². The second kappa shape index (κ2) is 9.02. The molecule has 1 aromatic rings. The van der Waals surface area contributed by atoms with Gasteiger partial charge in [-0.3, -0.25) is 9.59 Å². The lowest BCUT2D eigenvalue weighted by molar-refractivity contribution is -0.143. The molecule has 1 atom stereocenters. The third-order valence-electron chi connectivity index (χ3n) is 3.15. The SMILES string of the molecule is CC(CC=O)CCOC(=O)CCc1ccccc1C=O. The van der Waals surface area contributed by atoms with E-state index in [4.69, 9.17) is 4.74 Å². The Balaban J connectivity index is 2.29. The second-order valence-electron chi connectivity index (χ2n) is 4.83. The van der Waals surface area contributed by atoms with E-state index in [1.807, 2.05) is 19.1 Å². The summed E-state index contributed by atoms with van der Waals surface area (Å²) >= 11 is 0. The highest BCUT2D eigenvalue weighted by Crippen LogP contribution is 2.10. The Labute approximate surface area is 119 Å². The third kappa shape index (κ3) is 5.78. The number of rotatable bonds is 9. The maximum absolute atomic E-state index is 11.6. The topological polar surface area (TPSA) is 60.4 Å². The Bertz CT molecular complexity index is 454. The molecule has 0 spiro atoms. The highest BCUT2D eigenvalue weighted by molar-refractivity contribution is 5.77. The minimum absolute atomic E-state index is 0.232. The van der Waals surface area contributed by atoms with Crippen LogP contribution < -0.4 is 0 Å². The van der Waals surface area contributed by atoms with Crippen LogP contribution in [0.5, 0.6) is 0 Å². The van der Waals surface area contributed by atoms with E-state index < -0.39 is 0 Å². The molecule has 0 N–H and O–H groups in total. The number of ether oxygens (including phenoxy) is 1. The zero-order chi connectivity index (χ0) is 14.8. The Kier molecular flexibility index (Phi) is 7.25. The summed E-state index contributed by atoms with van der Waals surface area (Å²) in [5.74, 6) is -0.0416. The highest BCUT2D eigenvalue weighted by Gasteiger charge is 2.08. The van der Waals surface area contributed by atoms with E-state index in [0.717, 1.165) is 18.1 Å². The van der Waals surface area contributed by atoms with Crippen molar-refractivity contribution in [1.29, 1.82) is 0 Å². The predicted octanol–water partition coefficient (Wildman–Crippen LogP) is 2.59. The van der Waals surface area contributed by atoms with Crippen molar-refractivity contribution < 1.29 is 19.1 Å². The van der Waals surface area contributed by atoms with Crippen LogP contribution in [0.4, 0.5) is 0 Å². The van der Waals surface area contributed by atoms with Crippen molar-refractivity contribution in [3.8, 4) is 0 Å². The quantitative estimate of drug-likeness (QED) is 0.514. The maximum Gasteiger partial charge on any atom is 0.306 e. The van der Waals surface area contributed by atoms with E-state index in [0.29, 0.717) is 31.4 Å². The summed E-state index contributed by atoms with van der Waals surface area (Å²) in [7, 11) is 0. The predicted molar refractivity (Wildman–Crippen MR) is 75.6 cm³/mol. The van der Waals surface area contributed by atoms with Crippen LogP contribution in [0.1, 0.15) is 42.1 Å². The molecule has 0 aromatic heterocycles. The van der Waals surface area contributed by atoms with Gasteiger partial charge in [-0.2, -0.15) is 0 Å². The van der Waals surface area contributed by atoms with Crippen molar-refractivity contribution >= 4 is 18.5 Å². The molecule has 1 rings (SSSR count). The van der Waals surface area contributed by atoms with Gasteiger partial charge in [-0.1, -0.05) is 31.2 Å². The highest BCUT2D eigenvalue weighted by atomic mass is 16.5. The average molecular weight is 276 g/mol.